The Morgan fingerprint density at radius 2 is 1.48 bits per heavy atom. The van der Waals surface area contributed by atoms with E-state index in [-0.39, 0.29) is 0 Å². The predicted molar refractivity (Wildman–Crippen MR) is 112 cm³/mol. The molecule has 25 heavy (non-hydrogen) atoms. The summed E-state index contributed by atoms with van der Waals surface area (Å²) in [5, 5.41) is 1.10. The van der Waals surface area contributed by atoms with E-state index in [0.717, 1.165) is 10.5 Å². The molecule has 0 atom stereocenters. The highest BCUT2D eigenvalue weighted by atomic mass is 32.1. The topological polar surface area (TPSA) is 25.8 Å². The van der Waals surface area contributed by atoms with Crippen LogP contribution < -0.4 is 0 Å². The molecule has 2 aromatic heterocycles. The average Bonchev–Trinajstić information content (AvgIpc) is 3.03. The average molecular weight is 351 g/mol. The van der Waals surface area contributed by atoms with Crippen LogP contribution in [0.3, 0.4) is 0 Å². The third-order valence-corrected chi connectivity index (χ3v) is 4.32. The molecule has 0 radical (unpaired) electrons. The van der Waals surface area contributed by atoms with E-state index in [2.05, 4.69) is 80.2 Å². The maximum atomic E-state index is 4.52. The second-order valence-electron chi connectivity index (χ2n) is 6.51. The van der Waals surface area contributed by atoms with Gasteiger partial charge in [0.2, 0.25) is 0 Å². The maximum absolute atomic E-state index is 4.52. The Labute approximate surface area is 155 Å². The number of allylic oxidation sites excluding steroid dienone is 2. The smallest absolute Gasteiger partial charge is 0.117 e. The molecule has 2 nitrogen and oxygen atoms in total. The highest BCUT2D eigenvalue weighted by Gasteiger charge is 1.98. The first-order valence-electron chi connectivity index (χ1n) is 8.66. The highest BCUT2D eigenvalue weighted by molar-refractivity contribution is 7.19. The van der Waals surface area contributed by atoms with Crippen molar-refractivity contribution in [3.05, 3.63) is 71.5 Å². The monoisotopic (exact) mass is 350 g/mol. The molecular formula is C22H26N2S. The number of hydrogen-bond acceptors (Lipinski definition) is 3. The van der Waals surface area contributed by atoms with Crippen LogP contribution in [0.2, 0.25) is 0 Å². The molecule has 3 heteroatoms. The highest BCUT2D eigenvalue weighted by Crippen LogP contribution is 2.22. The van der Waals surface area contributed by atoms with Crippen LogP contribution in [0.1, 0.15) is 38.3 Å². The van der Waals surface area contributed by atoms with Gasteiger partial charge in [0.05, 0.1) is 10.2 Å². The first-order chi connectivity index (χ1) is 12.0. The van der Waals surface area contributed by atoms with Crippen molar-refractivity contribution >= 4 is 33.7 Å². The van der Waals surface area contributed by atoms with Crippen LogP contribution in [0, 0.1) is 11.8 Å². The van der Waals surface area contributed by atoms with Gasteiger partial charge in [-0.3, -0.25) is 4.98 Å². The van der Waals surface area contributed by atoms with Crippen LogP contribution in [0.15, 0.2) is 60.9 Å². The fourth-order valence-electron chi connectivity index (χ4n) is 2.01. The van der Waals surface area contributed by atoms with Crippen LogP contribution in [0.25, 0.3) is 22.4 Å². The Balaban J connectivity index is 0.000000186. The molecule has 0 unspecified atom stereocenters. The van der Waals surface area contributed by atoms with E-state index < -0.39 is 0 Å². The summed E-state index contributed by atoms with van der Waals surface area (Å²) in [7, 11) is 0. The molecule has 0 fully saturated rings. The molecule has 0 amide bonds. The van der Waals surface area contributed by atoms with Gasteiger partial charge in [0.15, 0.2) is 0 Å². The van der Waals surface area contributed by atoms with Crippen LogP contribution in [-0.4, -0.2) is 9.97 Å². The van der Waals surface area contributed by atoms with E-state index >= 15 is 0 Å². The lowest BCUT2D eigenvalue weighted by atomic mass is 10.1. The lowest BCUT2D eigenvalue weighted by Crippen LogP contribution is -1.77. The van der Waals surface area contributed by atoms with Gasteiger partial charge in [-0.15, -0.1) is 11.3 Å². The predicted octanol–water partition coefficient (Wildman–Crippen LogP) is 6.72. The van der Waals surface area contributed by atoms with E-state index in [1.807, 2.05) is 18.2 Å². The first kappa shape index (κ1) is 19.1. The lowest BCUT2D eigenvalue weighted by Gasteiger charge is -1.93. The molecule has 0 aliphatic rings. The lowest BCUT2D eigenvalue weighted by molar-refractivity contribution is 0.836. The summed E-state index contributed by atoms with van der Waals surface area (Å²) in [6.07, 6.45) is 12.2. The molecule has 0 aliphatic carbocycles. The minimum absolute atomic E-state index is 0.585. The van der Waals surface area contributed by atoms with E-state index in [1.54, 1.807) is 23.7 Å². The molecular weight excluding hydrogens is 324 g/mol. The van der Waals surface area contributed by atoms with Crippen molar-refractivity contribution in [3.63, 3.8) is 0 Å². The van der Waals surface area contributed by atoms with E-state index in [0.29, 0.717) is 11.8 Å². The number of aromatic nitrogens is 2. The van der Waals surface area contributed by atoms with Gasteiger partial charge in [-0.2, -0.15) is 0 Å². The van der Waals surface area contributed by atoms with Gasteiger partial charge >= 0.3 is 0 Å². The Kier molecular flexibility index (Phi) is 7.55. The summed E-state index contributed by atoms with van der Waals surface area (Å²) in [6.45, 7) is 8.67. The molecule has 0 bridgehead atoms. The van der Waals surface area contributed by atoms with E-state index in [9.17, 15) is 0 Å². The third-order valence-electron chi connectivity index (χ3n) is 3.31. The van der Waals surface area contributed by atoms with Crippen molar-refractivity contribution in [2.24, 2.45) is 11.8 Å². The Hall–Kier alpha value is -2.26. The molecule has 130 valence electrons. The van der Waals surface area contributed by atoms with E-state index in [1.165, 1.54) is 10.3 Å². The van der Waals surface area contributed by atoms with Crippen LogP contribution in [0.5, 0.6) is 0 Å². The number of rotatable bonds is 4. The SMILES string of the molecule is CC(C)/C=C/c1ccncc1.CC(C)/C=C/c1nc2ccccc2s1. The van der Waals surface area contributed by atoms with Crippen molar-refractivity contribution < 1.29 is 0 Å². The number of hydrogen-bond donors (Lipinski definition) is 0. The zero-order valence-corrected chi connectivity index (χ0v) is 16.2. The fourth-order valence-corrected chi connectivity index (χ4v) is 2.89. The van der Waals surface area contributed by atoms with Gasteiger partial charge in [-0.1, -0.05) is 58.1 Å². The molecule has 3 rings (SSSR count). The number of para-hydroxylation sites is 1. The first-order valence-corrected chi connectivity index (χ1v) is 9.48. The summed E-state index contributed by atoms with van der Waals surface area (Å²) in [4.78, 5) is 8.45. The zero-order chi connectivity index (χ0) is 18.1. The zero-order valence-electron chi connectivity index (χ0n) is 15.4. The van der Waals surface area contributed by atoms with Gasteiger partial charge in [0.1, 0.15) is 5.01 Å². The largest absolute Gasteiger partial charge is 0.265 e. The van der Waals surface area contributed by atoms with Crippen molar-refractivity contribution in [1.82, 2.24) is 9.97 Å². The Morgan fingerprint density at radius 3 is 2.12 bits per heavy atom. The minimum Gasteiger partial charge on any atom is -0.265 e. The van der Waals surface area contributed by atoms with Crippen molar-refractivity contribution in [2.45, 2.75) is 27.7 Å². The second-order valence-corrected chi connectivity index (χ2v) is 7.57. The molecule has 0 saturated heterocycles. The number of fused-ring (bicyclic) bond motifs is 1. The number of nitrogens with zero attached hydrogens (tertiary/aromatic N) is 2. The van der Waals surface area contributed by atoms with Crippen LogP contribution in [-0.2, 0) is 0 Å². The molecule has 0 saturated carbocycles. The molecule has 3 aromatic rings. The van der Waals surface area contributed by atoms with Crippen LogP contribution >= 0.6 is 11.3 Å². The molecule has 0 aliphatic heterocycles. The van der Waals surface area contributed by atoms with Crippen molar-refractivity contribution in [2.75, 3.05) is 0 Å². The number of pyridine rings is 1. The quantitative estimate of drug-likeness (QED) is 0.522. The van der Waals surface area contributed by atoms with Gasteiger partial charge in [0, 0.05) is 12.4 Å². The van der Waals surface area contributed by atoms with Gasteiger partial charge < -0.3 is 0 Å². The summed E-state index contributed by atoms with van der Waals surface area (Å²) >= 11 is 1.74. The second kappa shape index (κ2) is 9.90. The minimum atomic E-state index is 0.585. The van der Waals surface area contributed by atoms with E-state index in [4.69, 9.17) is 0 Å². The molecule has 2 heterocycles. The fraction of sp³-hybridized carbons (Fsp3) is 0.273. The van der Waals surface area contributed by atoms with Gasteiger partial charge in [-0.05, 0) is 47.7 Å². The summed E-state index contributed by atoms with van der Waals surface area (Å²) in [6, 6.07) is 12.2. The standard InChI is InChI=1S/C12H13NS.C10H13N/c1-9(2)7-8-12-13-10-5-3-4-6-11(10)14-12;1-9(2)3-4-10-5-7-11-8-6-10/h3-9H,1-2H3;3-9H,1-2H3/b8-7+;4-3+. The summed E-state index contributed by atoms with van der Waals surface area (Å²) < 4.78 is 1.26. The molecule has 0 N–H and O–H groups in total. The number of thiazole rings is 1. The van der Waals surface area contributed by atoms with Crippen molar-refractivity contribution in [1.29, 1.82) is 0 Å². The normalized spacial score (nSPS) is 11.6. The Morgan fingerprint density at radius 1 is 0.840 bits per heavy atom. The van der Waals surface area contributed by atoms with Gasteiger partial charge in [-0.25, -0.2) is 4.98 Å². The Bertz CT molecular complexity index is 781. The maximum Gasteiger partial charge on any atom is 0.117 e. The summed E-state index contributed by atoms with van der Waals surface area (Å²) in [5.74, 6) is 1.20. The molecule has 1 aromatic carbocycles. The van der Waals surface area contributed by atoms with Crippen LogP contribution in [0.4, 0.5) is 0 Å². The van der Waals surface area contributed by atoms with Crippen molar-refractivity contribution in [3.8, 4) is 0 Å². The van der Waals surface area contributed by atoms with Gasteiger partial charge in [0.25, 0.3) is 0 Å². The third kappa shape index (κ3) is 7.02. The summed E-state index contributed by atoms with van der Waals surface area (Å²) in [5.41, 5.74) is 2.31. The number of benzene rings is 1. The molecule has 0 spiro atoms.